The third kappa shape index (κ3) is 3.77. The third-order valence-corrected chi connectivity index (χ3v) is 5.68. The second-order valence-electron chi connectivity index (χ2n) is 4.39. The first-order chi connectivity index (χ1) is 10.0. The summed E-state index contributed by atoms with van der Waals surface area (Å²) in [4.78, 5) is 21.9. The van der Waals surface area contributed by atoms with E-state index in [1.165, 1.54) is 12.1 Å². The van der Waals surface area contributed by atoms with Gasteiger partial charge in [0.1, 0.15) is 0 Å². The Morgan fingerprint density at radius 2 is 1.71 bits per heavy atom. The van der Waals surface area contributed by atoms with Gasteiger partial charge in [0.15, 0.2) is 5.78 Å². The van der Waals surface area contributed by atoms with Crippen molar-refractivity contribution in [3.05, 3.63) is 75.8 Å². The van der Waals surface area contributed by atoms with Crippen LogP contribution in [0.3, 0.4) is 0 Å². The molecule has 2 atom stereocenters. The summed E-state index contributed by atoms with van der Waals surface area (Å²) in [6.07, 6.45) is 0. The number of carbonyl (C=O) groups excluding carboxylic acids is 1. The lowest BCUT2D eigenvalue weighted by molar-refractivity contribution is -0.384. The lowest BCUT2D eigenvalue weighted by atomic mass is 10.0. The SMILES string of the molecule is O=C(c1ccccc1)[C@@H](Br)[C@@H](Br)c1cccc([N+](=O)[O-])c1. The number of hydrogen-bond acceptors (Lipinski definition) is 3. The molecule has 21 heavy (non-hydrogen) atoms. The number of benzene rings is 2. The van der Waals surface area contributed by atoms with Crippen molar-refractivity contribution in [3.8, 4) is 0 Å². The van der Waals surface area contributed by atoms with Gasteiger partial charge < -0.3 is 0 Å². The summed E-state index contributed by atoms with van der Waals surface area (Å²) in [5.74, 6) is -0.0796. The lowest BCUT2D eigenvalue weighted by Crippen LogP contribution is -2.19. The molecule has 0 fully saturated rings. The molecule has 0 bridgehead atoms. The Hall–Kier alpha value is -1.53. The van der Waals surface area contributed by atoms with Gasteiger partial charge in [0, 0.05) is 17.7 Å². The summed E-state index contributed by atoms with van der Waals surface area (Å²) in [5, 5.41) is 10.8. The van der Waals surface area contributed by atoms with E-state index in [2.05, 4.69) is 31.9 Å². The van der Waals surface area contributed by atoms with Gasteiger partial charge in [0.2, 0.25) is 0 Å². The van der Waals surface area contributed by atoms with Gasteiger partial charge in [-0.2, -0.15) is 0 Å². The van der Waals surface area contributed by atoms with E-state index in [0.717, 1.165) is 0 Å². The first-order valence-corrected chi connectivity index (χ1v) is 7.95. The van der Waals surface area contributed by atoms with Crippen molar-refractivity contribution in [2.45, 2.75) is 9.65 Å². The molecular formula is C15H11Br2NO3. The number of nitro groups is 1. The van der Waals surface area contributed by atoms with E-state index in [9.17, 15) is 14.9 Å². The summed E-state index contributed by atoms with van der Waals surface area (Å²) in [6, 6.07) is 15.2. The summed E-state index contributed by atoms with van der Waals surface area (Å²) in [7, 11) is 0. The highest BCUT2D eigenvalue weighted by Crippen LogP contribution is 2.34. The second kappa shape index (κ2) is 6.95. The summed E-state index contributed by atoms with van der Waals surface area (Å²) in [6.45, 7) is 0. The van der Waals surface area contributed by atoms with Crippen molar-refractivity contribution in [2.24, 2.45) is 0 Å². The molecule has 0 aromatic heterocycles. The zero-order valence-electron chi connectivity index (χ0n) is 10.8. The van der Waals surface area contributed by atoms with Gasteiger partial charge in [-0.3, -0.25) is 14.9 Å². The Bertz CT molecular complexity index is 661. The number of alkyl halides is 2. The fourth-order valence-corrected chi connectivity index (χ4v) is 2.97. The van der Waals surface area contributed by atoms with Gasteiger partial charge in [-0.1, -0.05) is 74.3 Å². The van der Waals surface area contributed by atoms with Crippen molar-refractivity contribution in [2.75, 3.05) is 0 Å². The number of hydrogen-bond donors (Lipinski definition) is 0. The third-order valence-electron chi connectivity index (χ3n) is 2.97. The second-order valence-corrected chi connectivity index (χ2v) is 6.36. The van der Waals surface area contributed by atoms with Gasteiger partial charge in [-0.15, -0.1) is 0 Å². The minimum atomic E-state index is -0.512. The van der Waals surface area contributed by atoms with Crippen LogP contribution in [0, 0.1) is 10.1 Å². The highest BCUT2D eigenvalue weighted by molar-refractivity contribution is 9.12. The van der Waals surface area contributed by atoms with Crippen LogP contribution in [-0.4, -0.2) is 15.5 Å². The number of non-ortho nitro benzene ring substituents is 1. The first-order valence-electron chi connectivity index (χ1n) is 6.12. The maximum absolute atomic E-state index is 12.4. The molecule has 0 aliphatic heterocycles. The topological polar surface area (TPSA) is 60.2 Å². The van der Waals surface area contributed by atoms with Gasteiger partial charge >= 0.3 is 0 Å². The number of nitro benzene ring substituents is 1. The van der Waals surface area contributed by atoms with E-state index in [-0.39, 0.29) is 16.3 Å². The molecule has 0 N–H and O–H groups in total. The van der Waals surface area contributed by atoms with Crippen molar-refractivity contribution in [1.29, 1.82) is 0 Å². The molecule has 4 nitrogen and oxygen atoms in total. The molecule has 0 saturated heterocycles. The van der Waals surface area contributed by atoms with Gasteiger partial charge in [-0.25, -0.2) is 0 Å². The van der Waals surface area contributed by atoms with Gasteiger partial charge in [-0.05, 0) is 5.56 Å². The van der Waals surface area contributed by atoms with E-state index in [4.69, 9.17) is 0 Å². The maximum atomic E-state index is 12.4. The van der Waals surface area contributed by atoms with Gasteiger partial charge in [0.05, 0.1) is 14.6 Å². The highest BCUT2D eigenvalue weighted by atomic mass is 79.9. The Morgan fingerprint density at radius 1 is 1.05 bits per heavy atom. The van der Waals surface area contributed by atoms with Gasteiger partial charge in [0.25, 0.3) is 5.69 Å². The number of carbonyl (C=O) groups is 1. The average Bonchev–Trinajstić information content (AvgIpc) is 2.53. The number of nitrogens with zero attached hydrogens (tertiary/aromatic N) is 1. The minimum absolute atomic E-state index is 0.00353. The molecular weight excluding hydrogens is 402 g/mol. The van der Waals surface area contributed by atoms with E-state index in [1.54, 1.807) is 36.4 Å². The molecule has 0 heterocycles. The Labute approximate surface area is 138 Å². The molecule has 2 aromatic rings. The zero-order chi connectivity index (χ0) is 15.4. The molecule has 108 valence electrons. The predicted octanol–water partition coefficient (Wildman–Crippen LogP) is 4.68. The average molecular weight is 413 g/mol. The van der Waals surface area contributed by atoms with Crippen LogP contribution in [-0.2, 0) is 0 Å². The summed E-state index contributed by atoms with van der Waals surface area (Å²) < 4.78 is 0. The summed E-state index contributed by atoms with van der Waals surface area (Å²) in [5.41, 5.74) is 1.27. The molecule has 0 unspecified atom stereocenters. The highest BCUT2D eigenvalue weighted by Gasteiger charge is 2.26. The van der Waals surface area contributed by atoms with E-state index < -0.39 is 9.75 Å². The fourth-order valence-electron chi connectivity index (χ4n) is 1.87. The largest absolute Gasteiger partial charge is 0.293 e. The lowest BCUT2D eigenvalue weighted by Gasteiger charge is -2.16. The molecule has 0 radical (unpaired) electrons. The monoisotopic (exact) mass is 411 g/mol. The van der Waals surface area contributed by atoms with Crippen LogP contribution in [0.4, 0.5) is 5.69 Å². The number of rotatable bonds is 5. The summed E-state index contributed by atoms with van der Waals surface area (Å²) >= 11 is 6.82. The predicted molar refractivity (Wildman–Crippen MR) is 88.3 cm³/mol. The van der Waals surface area contributed by atoms with Crippen LogP contribution in [0.1, 0.15) is 20.7 Å². The van der Waals surface area contributed by atoms with Crippen molar-refractivity contribution in [3.63, 3.8) is 0 Å². The van der Waals surface area contributed by atoms with Crippen LogP contribution in [0.15, 0.2) is 54.6 Å². The Morgan fingerprint density at radius 3 is 2.33 bits per heavy atom. The van der Waals surface area contributed by atoms with E-state index >= 15 is 0 Å². The Balaban J connectivity index is 2.23. The molecule has 2 aromatic carbocycles. The Kier molecular flexibility index (Phi) is 5.25. The van der Waals surface area contributed by atoms with Crippen LogP contribution in [0.25, 0.3) is 0 Å². The number of halogens is 2. The number of Topliss-reactive ketones (excluding diaryl/α,β-unsaturated/α-hetero) is 1. The molecule has 0 aliphatic rings. The van der Waals surface area contributed by atoms with Crippen LogP contribution in [0.2, 0.25) is 0 Å². The minimum Gasteiger partial charge on any atom is -0.293 e. The van der Waals surface area contributed by atoms with E-state index in [1.807, 2.05) is 6.07 Å². The molecule has 0 saturated carbocycles. The zero-order valence-corrected chi connectivity index (χ0v) is 14.0. The maximum Gasteiger partial charge on any atom is 0.269 e. The molecule has 0 aliphatic carbocycles. The number of ketones is 1. The molecule has 0 amide bonds. The van der Waals surface area contributed by atoms with Crippen molar-refractivity contribution >= 4 is 43.3 Å². The standard InChI is InChI=1S/C15H11Br2NO3/c16-13(11-7-4-8-12(9-11)18(20)21)14(17)15(19)10-5-2-1-3-6-10/h1-9,13-14H/t13-,14-/m0/s1. The van der Waals surface area contributed by atoms with Crippen LogP contribution in [0.5, 0.6) is 0 Å². The van der Waals surface area contributed by atoms with Crippen molar-refractivity contribution in [1.82, 2.24) is 0 Å². The molecule has 0 spiro atoms. The van der Waals surface area contributed by atoms with Crippen molar-refractivity contribution < 1.29 is 9.72 Å². The molecule has 2 rings (SSSR count). The van der Waals surface area contributed by atoms with Crippen LogP contribution >= 0.6 is 31.9 Å². The molecule has 6 heteroatoms. The van der Waals surface area contributed by atoms with Crippen LogP contribution < -0.4 is 0 Å². The smallest absolute Gasteiger partial charge is 0.269 e. The van der Waals surface area contributed by atoms with E-state index in [0.29, 0.717) is 11.1 Å². The fraction of sp³-hybridized carbons (Fsp3) is 0.133. The quantitative estimate of drug-likeness (QED) is 0.310. The first kappa shape index (κ1) is 15.9. The normalized spacial score (nSPS) is 13.4.